The van der Waals surface area contributed by atoms with Crippen LogP contribution < -0.4 is 10.1 Å². The predicted molar refractivity (Wildman–Crippen MR) is 83.4 cm³/mol. The van der Waals surface area contributed by atoms with Gasteiger partial charge in [0.1, 0.15) is 5.75 Å². The number of amides is 2. The first kappa shape index (κ1) is 15.8. The lowest BCUT2D eigenvalue weighted by molar-refractivity contribution is -0.120. The molecule has 6 heteroatoms. The zero-order valence-electron chi connectivity index (χ0n) is 12.2. The number of nitrogens with one attached hydrogen (secondary N) is 1. The van der Waals surface area contributed by atoms with E-state index in [0.29, 0.717) is 24.4 Å². The Kier molecular flexibility index (Phi) is 5.22. The third kappa shape index (κ3) is 3.97. The lowest BCUT2D eigenvalue weighted by Crippen LogP contribution is -2.49. The minimum atomic E-state index is -0.0607. The van der Waals surface area contributed by atoms with Gasteiger partial charge in [-0.1, -0.05) is 15.9 Å². The molecule has 1 saturated heterocycles. The van der Waals surface area contributed by atoms with Crippen molar-refractivity contribution < 1.29 is 14.3 Å². The molecule has 114 valence electrons. The summed E-state index contributed by atoms with van der Waals surface area (Å²) in [5, 5.41) is 2.88. The number of halogens is 1. The Balaban J connectivity index is 2.14. The van der Waals surface area contributed by atoms with Crippen molar-refractivity contribution in [2.24, 2.45) is 0 Å². The minimum Gasteiger partial charge on any atom is -0.496 e. The van der Waals surface area contributed by atoms with Gasteiger partial charge < -0.3 is 15.0 Å². The molecule has 2 rings (SSSR count). The second kappa shape index (κ2) is 6.93. The summed E-state index contributed by atoms with van der Waals surface area (Å²) in [6, 6.07) is 5.39. The highest BCUT2D eigenvalue weighted by atomic mass is 79.9. The van der Waals surface area contributed by atoms with E-state index in [2.05, 4.69) is 21.2 Å². The Morgan fingerprint density at radius 3 is 2.86 bits per heavy atom. The predicted octanol–water partition coefficient (Wildman–Crippen LogP) is 2.20. The minimum absolute atomic E-state index is 0.0293. The van der Waals surface area contributed by atoms with Crippen molar-refractivity contribution in [3.05, 3.63) is 28.2 Å². The van der Waals surface area contributed by atoms with E-state index in [4.69, 9.17) is 4.74 Å². The van der Waals surface area contributed by atoms with Crippen LogP contribution in [0.5, 0.6) is 5.75 Å². The van der Waals surface area contributed by atoms with Crippen molar-refractivity contribution in [3.8, 4) is 5.75 Å². The molecule has 1 aliphatic rings. The zero-order valence-corrected chi connectivity index (χ0v) is 13.8. The summed E-state index contributed by atoms with van der Waals surface area (Å²) >= 11 is 3.37. The molecular formula is C15H19BrN2O3. The van der Waals surface area contributed by atoms with Gasteiger partial charge in [-0.2, -0.15) is 0 Å². The third-order valence-corrected chi connectivity index (χ3v) is 4.00. The number of piperidine rings is 1. The number of rotatable bonds is 3. The normalized spacial score (nSPS) is 18.2. The van der Waals surface area contributed by atoms with E-state index in [1.165, 1.54) is 6.92 Å². The first-order valence-corrected chi connectivity index (χ1v) is 7.70. The SMILES string of the molecule is COc1cc(Br)ccc1C(=O)N1CCCC(NC(C)=O)C1. The van der Waals surface area contributed by atoms with Gasteiger partial charge >= 0.3 is 0 Å². The number of hydrogen-bond donors (Lipinski definition) is 1. The first-order chi connectivity index (χ1) is 10.0. The number of benzene rings is 1. The molecule has 2 amide bonds. The number of hydrogen-bond acceptors (Lipinski definition) is 3. The Labute approximate surface area is 132 Å². The van der Waals surface area contributed by atoms with E-state index in [0.717, 1.165) is 17.3 Å². The number of carbonyl (C=O) groups excluding carboxylic acids is 2. The molecule has 1 atom stereocenters. The molecule has 1 unspecified atom stereocenters. The van der Waals surface area contributed by atoms with E-state index < -0.39 is 0 Å². The summed E-state index contributed by atoms with van der Waals surface area (Å²) in [7, 11) is 1.55. The molecule has 1 aromatic carbocycles. The first-order valence-electron chi connectivity index (χ1n) is 6.91. The Morgan fingerprint density at radius 1 is 1.43 bits per heavy atom. The fourth-order valence-corrected chi connectivity index (χ4v) is 2.92. The van der Waals surface area contributed by atoms with Gasteiger partial charge in [0.05, 0.1) is 12.7 Å². The maximum absolute atomic E-state index is 12.6. The second-order valence-electron chi connectivity index (χ2n) is 5.14. The summed E-state index contributed by atoms with van der Waals surface area (Å²) in [5.74, 6) is 0.431. The number of nitrogens with zero attached hydrogens (tertiary/aromatic N) is 1. The van der Waals surface area contributed by atoms with Crippen LogP contribution in [0.1, 0.15) is 30.1 Å². The van der Waals surface area contributed by atoms with Gasteiger partial charge in [0.2, 0.25) is 5.91 Å². The number of methoxy groups -OCH3 is 1. The molecule has 1 fully saturated rings. The van der Waals surface area contributed by atoms with Gasteiger partial charge in [-0.15, -0.1) is 0 Å². The Hall–Kier alpha value is -1.56. The molecule has 0 radical (unpaired) electrons. The van der Waals surface area contributed by atoms with Crippen LogP contribution in [-0.2, 0) is 4.79 Å². The molecule has 1 N–H and O–H groups in total. The molecular weight excluding hydrogens is 336 g/mol. The number of ether oxygens (including phenoxy) is 1. The lowest BCUT2D eigenvalue weighted by atomic mass is 10.0. The highest BCUT2D eigenvalue weighted by Gasteiger charge is 2.26. The molecule has 21 heavy (non-hydrogen) atoms. The van der Waals surface area contributed by atoms with E-state index in [-0.39, 0.29) is 17.9 Å². The standard InChI is InChI=1S/C15H19BrN2O3/c1-10(19)17-12-4-3-7-18(9-12)15(20)13-6-5-11(16)8-14(13)21-2/h5-6,8,12H,3-4,7,9H2,1-2H3,(H,17,19). The highest BCUT2D eigenvalue weighted by molar-refractivity contribution is 9.10. The van der Waals surface area contributed by atoms with Gasteiger partial charge in [-0.05, 0) is 31.0 Å². The fourth-order valence-electron chi connectivity index (χ4n) is 2.58. The zero-order chi connectivity index (χ0) is 15.4. The maximum Gasteiger partial charge on any atom is 0.257 e. The molecule has 0 saturated carbocycles. The van der Waals surface area contributed by atoms with Crippen LogP contribution in [0.15, 0.2) is 22.7 Å². The van der Waals surface area contributed by atoms with Gasteiger partial charge in [-0.25, -0.2) is 0 Å². The van der Waals surface area contributed by atoms with Crippen LogP contribution in [-0.4, -0.2) is 43.0 Å². The molecule has 0 aliphatic carbocycles. The average Bonchev–Trinajstić information content (AvgIpc) is 2.46. The van der Waals surface area contributed by atoms with Crippen molar-refractivity contribution >= 4 is 27.7 Å². The average molecular weight is 355 g/mol. The van der Waals surface area contributed by atoms with Crippen molar-refractivity contribution in [1.82, 2.24) is 10.2 Å². The maximum atomic E-state index is 12.6. The van der Waals surface area contributed by atoms with Gasteiger partial charge in [0.15, 0.2) is 0 Å². The van der Waals surface area contributed by atoms with Crippen LogP contribution in [0.4, 0.5) is 0 Å². The Bertz CT molecular complexity index is 548. The van der Waals surface area contributed by atoms with Crippen molar-refractivity contribution in [3.63, 3.8) is 0 Å². The van der Waals surface area contributed by atoms with Crippen LogP contribution >= 0.6 is 15.9 Å². The largest absolute Gasteiger partial charge is 0.496 e. The van der Waals surface area contributed by atoms with Gasteiger partial charge in [-0.3, -0.25) is 9.59 Å². The van der Waals surface area contributed by atoms with E-state index in [9.17, 15) is 9.59 Å². The molecule has 1 aliphatic heterocycles. The highest BCUT2D eigenvalue weighted by Crippen LogP contribution is 2.25. The van der Waals surface area contributed by atoms with E-state index in [1.54, 1.807) is 24.1 Å². The smallest absolute Gasteiger partial charge is 0.257 e. The van der Waals surface area contributed by atoms with Crippen molar-refractivity contribution in [2.75, 3.05) is 20.2 Å². The molecule has 1 heterocycles. The summed E-state index contributed by atoms with van der Waals surface area (Å²) in [4.78, 5) is 25.6. The van der Waals surface area contributed by atoms with Crippen LogP contribution in [0, 0.1) is 0 Å². The lowest BCUT2D eigenvalue weighted by Gasteiger charge is -2.33. The fraction of sp³-hybridized carbons (Fsp3) is 0.467. The molecule has 1 aromatic rings. The summed E-state index contributed by atoms with van der Waals surface area (Å²) < 4.78 is 6.15. The molecule has 5 nitrogen and oxygen atoms in total. The second-order valence-corrected chi connectivity index (χ2v) is 6.05. The summed E-state index contributed by atoms with van der Waals surface area (Å²) in [5.41, 5.74) is 0.546. The van der Waals surface area contributed by atoms with Crippen LogP contribution in [0.3, 0.4) is 0 Å². The molecule has 0 aromatic heterocycles. The number of likely N-dealkylation sites (tertiary alicyclic amines) is 1. The van der Waals surface area contributed by atoms with E-state index >= 15 is 0 Å². The van der Waals surface area contributed by atoms with Crippen molar-refractivity contribution in [1.29, 1.82) is 0 Å². The quantitative estimate of drug-likeness (QED) is 0.904. The van der Waals surface area contributed by atoms with Crippen LogP contribution in [0.25, 0.3) is 0 Å². The van der Waals surface area contributed by atoms with Gasteiger partial charge in [0.25, 0.3) is 5.91 Å². The van der Waals surface area contributed by atoms with E-state index in [1.807, 2.05) is 6.07 Å². The summed E-state index contributed by atoms with van der Waals surface area (Å²) in [6.07, 6.45) is 1.79. The topological polar surface area (TPSA) is 58.6 Å². The Morgan fingerprint density at radius 2 is 2.19 bits per heavy atom. The summed E-state index contributed by atoms with van der Waals surface area (Å²) in [6.45, 7) is 2.74. The molecule has 0 bridgehead atoms. The third-order valence-electron chi connectivity index (χ3n) is 3.51. The monoisotopic (exact) mass is 354 g/mol. The van der Waals surface area contributed by atoms with Crippen LogP contribution in [0.2, 0.25) is 0 Å². The number of carbonyl (C=O) groups is 2. The van der Waals surface area contributed by atoms with Crippen molar-refractivity contribution in [2.45, 2.75) is 25.8 Å². The van der Waals surface area contributed by atoms with Gasteiger partial charge in [0, 0.05) is 30.5 Å². The molecule has 0 spiro atoms.